The van der Waals surface area contributed by atoms with Crippen molar-refractivity contribution in [1.82, 2.24) is 24.4 Å². The van der Waals surface area contributed by atoms with Crippen LogP contribution in [0.5, 0.6) is 0 Å². The predicted molar refractivity (Wildman–Crippen MR) is 156 cm³/mol. The maximum absolute atomic E-state index is 14.4. The zero-order chi connectivity index (χ0) is 28.1. The molecular weight excluding hydrogens is 516 g/mol. The van der Waals surface area contributed by atoms with Crippen molar-refractivity contribution in [2.45, 2.75) is 38.9 Å². The van der Waals surface area contributed by atoms with Crippen LogP contribution in [0.15, 0.2) is 53.5 Å². The van der Waals surface area contributed by atoms with E-state index in [1.54, 1.807) is 17.0 Å². The van der Waals surface area contributed by atoms with Crippen LogP contribution in [-0.2, 0) is 13.1 Å². The van der Waals surface area contributed by atoms with Crippen LogP contribution in [0.25, 0.3) is 10.9 Å². The highest BCUT2D eigenvalue weighted by atomic mass is 16.2. The van der Waals surface area contributed by atoms with E-state index in [9.17, 15) is 10.1 Å². The number of carbonyl (C=O) groups excluding carboxylic acids is 1. The maximum atomic E-state index is 14.4. The summed E-state index contributed by atoms with van der Waals surface area (Å²) in [6.07, 6.45) is 1.93. The number of hydrogen-bond donors (Lipinski definition) is 1. The molecule has 1 saturated heterocycles. The molecular formula is C30H30N10O. The quantitative estimate of drug-likeness (QED) is 0.404. The molecule has 1 fully saturated rings. The zero-order valence-electron chi connectivity index (χ0n) is 22.9. The standard InChI is InChI=1S/C30H30N10O/c1-19-23-6-2-3-7-24(23)35-25(34-19)18-40-28(41)26-27(38-14-12-33-29(38)40)36-30(37-13-4-5-22(32)17-37)39(26)16-21-10-8-20(15-31)9-11-21/h2-3,6-11,22H,4-5,12-14,16-18,32H2,1H3/t22-/m1/s1. The fourth-order valence-electron chi connectivity index (χ4n) is 6.01. The molecule has 0 bridgehead atoms. The molecule has 2 aromatic heterocycles. The molecule has 0 unspecified atom stereocenters. The molecule has 5 heterocycles. The number of hydrogen-bond acceptors (Lipinski definition) is 9. The fraction of sp³-hybridized carbons (Fsp3) is 0.333. The molecule has 0 radical (unpaired) electrons. The lowest BCUT2D eigenvalue weighted by atomic mass is 10.1. The van der Waals surface area contributed by atoms with Crippen LogP contribution in [0, 0.1) is 18.3 Å². The summed E-state index contributed by atoms with van der Waals surface area (Å²) in [6.45, 7) is 5.29. The molecule has 206 valence electrons. The Hall–Kier alpha value is -4.82. The highest BCUT2D eigenvalue weighted by Crippen LogP contribution is 2.36. The number of fused-ring (bicyclic) bond motifs is 4. The number of aryl methyl sites for hydroxylation is 1. The molecule has 3 aliphatic rings. The minimum atomic E-state index is -0.181. The summed E-state index contributed by atoms with van der Waals surface area (Å²) >= 11 is 0. The lowest BCUT2D eigenvalue weighted by Crippen LogP contribution is -2.50. The Morgan fingerprint density at radius 1 is 1.05 bits per heavy atom. The molecule has 2 N–H and O–H groups in total. The van der Waals surface area contributed by atoms with Crippen molar-refractivity contribution in [3.63, 3.8) is 0 Å². The molecule has 0 saturated carbocycles. The minimum Gasteiger partial charge on any atom is -0.341 e. The average molecular weight is 547 g/mol. The second-order valence-electron chi connectivity index (χ2n) is 10.8. The van der Waals surface area contributed by atoms with Crippen LogP contribution in [0.4, 0.5) is 11.8 Å². The van der Waals surface area contributed by atoms with Gasteiger partial charge in [0.25, 0.3) is 5.91 Å². The van der Waals surface area contributed by atoms with Crippen LogP contribution in [0.3, 0.4) is 0 Å². The molecule has 11 heteroatoms. The van der Waals surface area contributed by atoms with E-state index in [0.717, 1.165) is 47.5 Å². The highest BCUT2D eigenvalue weighted by molar-refractivity contribution is 6.18. The van der Waals surface area contributed by atoms with Gasteiger partial charge in [-0.3, -0.25) is 24.2 Å². The summed E-state index contributed by atoms with van der Waals surface area (Å²) < 4.78 is 2.01. The van der Waals surface area contributed by atoms with Crippen molar-refractivity contribution in [1.29, 1.82) is 5.26 Å². The Morgan fingerprint density at radius 3 is 2.68 bits per heavy atom. The van der Waals surface area contributed by atoms with Crippen molar-refractivity contribution in [3.05, 3.63) is 76.9 Å². The van der Waals surface area contributed by atoms with Gasteiger partial charge in [-0.2, -0.15) is 10.2 Å². The summed E-state index contributed by atoms with van der Waals surface area (Å²) in [4.78, 5) is 39.6. The van der Waals surface area contributed by atoms with E-state index >= 15 is 0 Å². The SMILES string of the molecule is Cc1nc(CN2C(=O)c3c(nc(N4CCC[C@@H](N)C4)n3Cc3ccc(C#N)cc3)N3CCN=C23)nc2ccccc12. The second-order valence-corrected chi connectivity index (χ2v) is 10.8. The Labute approximate surface area is 237 Å². The van der Waals surface area contributed by atoms with Gasteiger partial charge >= 0.3 is 0 Å². The maximum Gasteiger partial charge on any atom is 0.281 e. The zero-order valence-corrected chi connectivity index (χ0v) is 22.9. The number of amides is 1. The number of piperidine rings is 1. The smallest absolute Gasteiger partial charge is 0.281 e. The van der Waals surface area contributed by atoms with Gasteiger partial charge in [0.15, 0.2) is 11.5 Å². The minimum absolute atomic E-state index is 0.0465. The van der Waals surface area contributed by atoms with Crippen molar-refractivity contribution in [2.24, 2.45) is 10.7 Å². The van der Waals surface area contributed by atoms with E-state index in [0.29, 0.717) is 55.0 Å². The molecule has 4 aromatic rings. The number of para-hydroxylation sites is 1. The number of carbonyl (C=O) groups is 1. The van der Waals surface area contributed by atoms with E-state index in [1.165, 1.54) is 0 Å². The van der Waals surface area contributed by atoms with Gasteiger partial charge in [0.2, 0.25) is 11.9 Å². The number of aliphatic imine (C=N–C) groups is 1. The first-order valence-electron chi connectivity index (χ1n) is 14.0. The van der Waals surface area contributed by atoms with Gasteiger partial charge < -0.3 is 10.6 Å². The summed E-state index contributed by atoms with van der Waals surface area (Å²) in [5, 5.41) is 10.3. The third-order valence-electron chi connectivity index (χ3n) is 8.00. The van der Waals surface area contributed by atoms with E-state index in [-0.39, 0.29) is 18.5 Å². The van der Waals surface area contributed by atoms with Gasteiger partial charge in [-0.25, -0.2) is 9.97 Å². The van der Waals surface area contributed by atoms with Crippen molar-refractivity contribution < 1.29 is 4.79 Å². The van der Waals surface area contributed by atoms with Gasteiger partial charge in [0, 0.05) is 36.8 Å². The molecule has 11 nitrogen and oxygen atoms in total. The van der Waals surface area contributed by atoms with Crippen LogP contribution in [0.2, 0.25) is 0 Å². The number of nitriles is 1. The lowest BCUT2D eigenvalue weighted by molar-refractivity contribution is 0.0820. The predicted octanol–water partition coefficient (Wildman–Crippen LogP) is 2.81. The van der Waals surface area contributed by atoms with Gasteiger partial charge in [-0.15, -0.1) is 0 Å². The highest BCUT2D eigenvalue weighted by Gasteiger charge is 2.43. The number of anilines is 2. The monoisotopic (exact) mass is 546 g/mol. The summed E-state index contributed by atoms with van der Waals surface area (Å²) in [6, 6.07) is 17.6. The third kappa shape index (κ3) is 4.37. The number of rotatable bonds is 5. The first-order valence-corrected chi connectivity index (χ1v) is 14.0. The van der Waals surface area contributed by atoms with E-state index in [1.807, 2.05) is 52.8 Å². The van der Waals surface area contributed by atoms with Gasteiger partial charge in [-0.05, 0) is 43.5 Å². The normalized spacial score (nSPS) is 18.4. The molecule has 3 aliphatic heterocycles. The summed E-state index contributed by atoms with van der Waals surface area (Å²) in [5.74, 6) is 2.32. The van der Waals surface area contributed by atoms with Crippen LogP contribution < -0.4 is 15.5 Å². The number of guanidine groups is 1. The van der Waals surface area contributed by atoms with Crippen molar-refractivity contribution in [2.75, 3.05) is 36.0 Å². The van der Waals surface area contributed by atoms with Crippen LogP contribution in [0.1, 0.15) is 46.0 Å². The van der Waals surface area contributed by atoms with Gasteiger partial charge in [-0.1, -0.05) is 30.3 Å². The Kier molecular flexibility index (Phi) is 6.12. The van der Waals surface area contributed by atoms with Crippen molar-refractivity contribution >= 4 is 34.5 Å². The van der Waals surface area contributed by atoms with Crippen LogP contribution >= 0.6 is 0 Å². The summed E-state index contributed by atoms with van der Waals surface area (Å²) in [7, 11) is 0. The molecule has 2 aromatic carbocycles. The number of benzene rings is 2. The number of aromatic nitrogens is 4. The largest absolute Gasteiger partial charge is 0.341 e. The average Bonchev–Trinajstić information content (AvgIpc) is 3.61. The number of nitrogens with zero attached hydrogens (tertiary/aromatic N) is 9. The summed E-state index contributed by atoms with van der Waals surface area (Å²) in [5.41, 5.74) is 10.2. The van der Waals surface area contributed by atoms with Gasteiger partial charge in [0.1, 0.15) is 5.82 Å². The molecule has 1 amide bonds. The van der Waals surface area contributed by atoms with E-state index in [2.05, 4.69) is 11.0 Å². The Bertz CT molecular complexity index is 1730. The van der Waals surface area contributed by atoms with Crippen LogP contribution in [-0.4, -0.2) is 68.5 Å². The molecule has 1 atom stereocenters. The van der Waals surface area contributed by atoms with E-state index < -0.39 is 0 Å². The van der Waals surface area contributed by atoms with Crippen molar-refractivity contribution in [3.8, 4) is 6.07 Å². The molecule has 0 aliphatic carbocycles. The fourth-order valence-corrected chi connectivity index (χ4v) is 6.01. The van der Waals surface area contributed by atoms with E-state index in [4.69, 9.17) is 25.7 Å². The topological polar surface area (TPSA) is 133 Å². The molecule has 41 heavy (non-hydrogen) atoms. The first kappa shape index (κ1) is 25.2. The molecule has 0 spiro atoms. The molecule has 7 rings (SSSR count). The second kappa shape index (κ2) is 9.98. The number of imidazole rings is 1. The first-order chi connectivity index (χ1) is 20.0. The third-order valence-corrected chi connectivity index (χ3v) is 8.00. The lowest BCUT2D eigenvalue weighted by Gasteiger charge is -2.33. The number of nitrogens with two attached hydrogens (primary N) is 1. The Balaban J connectivity index is 1.32. The Morgan fingerprint density at radius 2 is 1.88 bits per heavy atom. The van der Waals surface area contributed by atoms with Gasteiger partial charge in [0.05, 0.1) is 36.8 Å².